The van der Waals surface area contributed by atoms with E-state index in [0.717, 1.165) is 17.6 Å². The highest BCUT2D eigenvalue weighted by Gasteiger charge is 2.37. The number of fused-ring (bicyclic) bond motifs is 1. The van der Waals surface area contributed by atoms with E-state index >= 15 is 0 Å². The number of carbonyl (C=O) groups excluding carboxylic acids is 1. The van der Waals surface area contributed by atoms with E-state index in [9.17, 15) is 27.9 Å². The minimum Gasteiger partial charge on any atom is -0.487 e. The van der Waals surface area contributed by atoms with Gasteiger partial charge in [0, 0.05) is 17.1 Å². The Kier molecular flexibility index (Phi) is 6.90. The van der Waals surface area contributed by atoms with E-state index in [0.29, 0.717) is 10.9 Å². The van der Waals surface area contributed by atoms with Gasteiger partial charge in [-0.1, -0.05) is 50.2 Å². The first-order valence-electron chi connectivity index (χ1n) is 10.3. The van der Waals surface area contributed by atoms with Crippen molar-refractivity contribution in [1.82, 2.24) is 10.3 Å². The first-order chi connectivity index (χ1) is 15.6. The number of halogens is 3. The quantitative estimate of drug-likeness (QED) is 0.482. The molecule has 0 aliphatic heterocycles. The Morgan fingerprint density at radius 1 is 1.03 bits per heavy atom. The maximum Gasteiger partial charge on any atom is 0.433 e. The second-order valence-corrected chi connectivity index (χ2v) is 7.55. The fourth-order valence-corrected chi connectivity index (χ4v) is 3.48. The molecule has 0 aliphatic carbocycles. The molecule has 174 valence electrons. The summed E-state index contributed by atoms with van der Waals surface area (Å²) in [4.78, 5) is 28.4. The van der Waals surface area contributed by atoms with E-state index in [4.69, 9.17) is 4.74 Å². The molecule has 0 aliphatic rings. The van der Waals surface area contributed by atoms with Gasteiger partial charge in [-0.3, -0.25) is 9.78 Å². The molecule has 0 radical (unpaired) electrons. The number of amides is 1. The third-order valence-corrected chi connectivity index (χ3v) is 5.59. The van der Waals surface area contributed by atoms with Crippen LogP contribution < -0.4 is 10.1 Å². The van der Waals surface area contributed by atoms with Gasteiger partial charge in [0.05, 0.1) is 5.56 Å². The van der Waals surface area contributed by atoms with Crippen molar-refractivity contribution in [2.75, 3.05) is 0 Å². The van der Waals surface area contributed by atoms with Crippen LogP contribution in [-0.2, 0) is 17.6 Å². The molecule has 2 N–H and O–H groups in total. The fraction of sp³-hybridized carbons (Fsp3) is 0.292. The van der Waals surface area contributed by atoms with Gasteiger partial charge >= 0.3 is 12.1 Å². The van der Waals surface area contributed by atoms with Gasteiger partial charge in [0.25, 0.3) is 5.91 Å². The molecule has 0 saturated carbocycles. The van der Waals surface area contributed by atoms with E-state index in [1.165, 1.54) is 12.1 Å². The van der Waals surface area contributed by atoms with Crippen molar-refractivity contribution in [3.8, 4) is 5.75 Å². The van der Waals surface area contributed by atoms with Crippen LogP contribution in [-0.4, -0.2) is 27.5 Å². The standard InChI is InChI=1S/C24H23F3N2O4/c1-3-23(4-2,22(31)32)29-21(30)18-11-10-16-7-5-6-8-17(16)20(18)33-14-15-9-12-19(28-13-15)24(25,26)27/h5-13H,3-4,14H2,1-2H3,(H,29,30)(H,31,32). The lowest BCUT2D eigenvalue weighted by Gasteiger charge is -2.28. The number of aromatic nitrogens is 1. The number of carbonyl (C=O) groups is 2. The average molecular weight is 460 g/mol. The molecule has 1 amide bonds. The first kappa shape index (κ1) is 24.0. The normalized spacial score (nSPS) is 11.9. The summed E-state index contributed by atoms with van der Waals surface area (Å²) in [6.45, 7) is 3.21. The number of hydrogen-bond acceptors (Lipinski definition) is 4. The van der Waals surface area contributed by atoms with Crippen molar-refractivity contribution in [2.45, 2.75) is 45.0 Å². The molecular weight excluding hydrogens is 437 g/mol. The molecular formula is C24H23F3N2O4. The van der Waals surface area contributed by atoms with E-state index in [1.54, 1.807) is 32.0 Å². The predicted molar refractivity (Wildman–Crippen MR) is 116 cm³/mol. The van der Waals surface area contributed by atoms with Crippen molar-refractivity contribution in [3.05, 3.63) is 71.5 Å². The zero-order valence-electron chi connectivity index (χ0n) is 18.1. The first-order valence-corrected chi connectivity index (χ1v) is 10.3. The van der Waals surface area contributed by atoms with E-state index < -0.39 is 29.3 Å². The van der Waals surface area contributed by atoms with Gasteiger partial charge in [0.2, 0.25) is 0 Å². The monoisotopic (exact) mass is 460 g/mol. The van der Waals surface area contributed by atoms with E-state index in [1.807, 2.05) is 12.1 Å². The van der Waals surface area contributed by atoms with Crippen molar-refractivity contribution in [2.24, 2.45) is 0 Å². The number of nitrogens with one attached hydrogen (secondary N) is 1. The average Bonchev–Trinajstić information content (AvgIpc) is 2.80. The van der Waals surface area contributed by atoms with Gasteiger partial charge in [-0.25, -0.2) is 4.79 Å². The fourth-order valence-electron chi connectivity index (χ4n) is 3.48. The van der Waals surface area contributed by atoms with Gasteiger partial charge in [-0.2, -0.15) is 13.2 Å². The van der Waals surface area contributed by atoms with Crippen molar-refractivity contribution < 1.29 is 32.6 Å². The number of pyridine rings is 1. The molecule has 1 aromatic heterocycles. The van der Waals surface area contributed by atoms with Gasteiger partial charge in [-0.05, 0) is 30.4 Å². The van der Waals surface area contributed by atoms with Crippen molar-refractivity contribution in [3.63, 3.8) is 0 Å². The Bertz CT molecular complexity index is 1160. The summed E-state index contributed by atoms with van der Waals surface area (Å²) in [6, 6.07) is 12.5. The minimum atomic E-state index is -4.55. The van der Waals surface area contributed by atoms with Gasteiger partial charge in [0.15, 0.2) is 0 Å². The highest BCUT2D eigenvalue weighted by Crippen LogP contribution is 2.32. The number of nitrogens with zero attached hydrogens (tertiary/aromatic N) is 1. The SMILES string of the molecule is CCC(CC)(NC(=O)c1ccc2ccccc2c1OCc1ccc(C(F)(F)F)nc1)C(=O)O. The van der Waals surface area contributed by atoms with Crippen molar-refractivity contribution in [1.29, 1.82) is 0 Å². The summed E-state index contributed by atoms with van der Waals surface area (Å²) in [6.07, 6.45) is -3.11. The molecule has 0 fully saturated rings. The number of rotatable bonds is 8. The van der Waals surface area contributed by atoms with E-state index in [-0.39, 0.29) is 30.8 Å². The maximum absolute atomic E-state index is 13.1. The lowest BCUT2D eigenvalue weighted by Crippen LogP contribution is -2.53. The molecule has 3 aromatic rings. The van der Waals surface area contributed by atoms with Gasteiger partial charge < -0.3 is 15.2 Å². The van der Waals surface area contributed by atoms with Gasteiger partial charge in [0.1, 0.15) is 23.6 Å². The Labute approximate surface area is 188 Å². The van der Waals surface area contributed by atoms with Crippen LogP contribution in [0, 0.1) is 0 Å². The van der Waals surface area contributed by atoms with Crippen LogP contribution in [0.1, 0.15) is 48.3 Å². The Morgan fingerprint density at radius 2 is 1.73 bits per heavy atom. The molecule has 0 atom stereocenters. The van der Waals surface area contributed by atoms with Crippen LogP contribution in [0.5, 0.6) is 5.75 Å². The lowest BCUT2D eigenvalue weighted by molar-refractivity contribution is -0.145. The number of carboxylic acids is 1. The molecule has 9 heteroatoms. The third-order valence-electron chi connectivity index (χ3n) is 5.59. The topological polar surface area (TPSA) is 88.5 Å². The molecule has 6 nitrogen and oxygen atoms in total. The highest BCUT2D eigenvalue weighted by atomic mass is 19.4. The molecule has 1 heterocycles. The van der Waals surface area contributed by atoms with Crippen LogP contribution in [0.4, 0.5) is 13.2 Å². The molecule has 2 aromatic carbocycles. The maximum atomic E-state index is 13.1. The Balaban J connectivity index is 1.95. The zero-order valence-corrected chi connectivity index (χ0v) is 18.1. The summed E-state index contributed by atoms with van der Waals surface area (Å²) in [5.41, 5.74) is -1.94. The summed E-state index contributed by atoms with van der Waals surface area (Å²) in [7, 11) is 0. The number of benzene rings is 2. The summed E-state index contributed by atoms with van der Waals surface area (Å²) < 4.78 is 44.2. The Morgan fingerprint density at radius 3 is 2.30 bits per heavy atom. The number of ether oxygens (including phenoxy) is 1. The lowest BCUT2D eigenvalue weighted by atomic mass is 9.92. The molecule has 0 spiro atoms. The van der Waals surface area contributed by atoms with Crippen LogP contribution in [0.2, 0.25) is 0 Å². The molecule has 0 unspecified atom stereocenters. The minimum absolute atomic E-state index is 0.126. The molecule has 0 saturated heterocycles. The highest BCUT2D eigenvalue weighted by molar-refractivity contribution is 6.05. The molecule has 33 heavy (non-hydrogen) atoms. The number of alkyl halides is 3. The summed E-state index contributed by atoms with van der Waals surface area (Å²) in [5, 5.41) is 13.7. The summed E-state index contributed by atoms with van der Waals surface area (Å²) in [5.74, 6) is -1.55. The predicted octanol–water partition coefficient (Wildman–Crippen LogP) is 5.21. The van der Waals surface area contributed by atoms with Crippen molar-refractivity contribution >= 4 is 22.6 Å². The van der Waals surface area contributed by atoms with Crippen LogP contribution in [0.25, 0.3) is 10.8 Å². The van der Waals surface area contributed by atoms with Crippen LogP contribution >= 0.6 is 0 Å². The summed E-state index contributed by atoms with van der Waals surface area (Å²) >= 11 is 0. The number of carboxylic acid groups (broad SMARTS) is 1. The largest absolute Gasteiger partial charge is 0.487 e. The van der Waals surface area contributed by atoms with Crippen LogP contribution in [0.3, 0.4) is 0 Å². The van der Waals surface area contributed by atoms with Crippen LogP contribution in [0.15, 0.2) is 54.7 Å². The molecule has 0 bridgehead atoms. The zero-order chi connectivity index (χ0) is 24.2. The number of hydrogen-bond donors (Lipinski definition) is 2. The second-order valence-electron chi connectivity index (χ2n) is 7.55. The van der Waals surface area contributed by atoms with Gasteiger partial charge in [-0.15, -0.1) is 0 Å². The number of aliphatic carboxylic acids is 1. The molecule has 3 rings (SSSR count). The second kappa shape index (κ2) is 9.48. The Hall–Kier alpha value is -3.62. The van der Waals surface area contributed by atoms with E-state index in [2.05, 4.69) is 10.3 Å². The smallest absolute Gasteiger partial charge is 0.433 e. The third kappa shape index (κ3) is 5.08.